The van der Waals surface area contributed by atoms with Crippen LogP contribution in [0.25, 0.3) is 0 Å². The quantitative estimate of drug-likeness (QED) is 0.446. The topological polar surface area (TPSA) is 112 Å². The number of nitrogens with zero attached hydrogens (tertiary/aromatic N) is 1. The van der Waals surface area contributed by atoms with Gasteiger partial charge in [-0.25, -0.2) is 0 Å². The first kappa shape index (κ1) is 22.2. The third-order valence-electron chi connectivity index (χ3n) is 11.2. The zero-order valence-corrected chi connectivity index (χ0v) is 19.6. The Balaban J connectivity index is 1.67. The number of methoxy groups -OCH3 is 3. The van der Waals surface area contributed by atoms with Crippen LogP contribution < -0.4 is 0 Å². The largest absolute Gasteiger partial charge is 0.392 e. The van der Waals surface area contributed by atoms with Gasteiger partial charge in [-0.3, -0.25) is 4.90 Å². The van der Waals surface area contributed by atoms with Gasteiger partial charge in [0, 0.05) is 62.9 Å². The average Bonchev–Trinajstić information content (AvgIpc) is 3.14. The molecule has 182 valence electrons. The number of aliphatic hydroxyl groups excluding tert-OH is 2. The molecule has 1 aliphatic heterocycles. The van der Waals surface area contributed by atoms with E-state index >= 15 is 0 Å². The van der Waals surface area contributed by atoms with E-state index in [0.29, 0.717) is 26.0 Å². The van der Waals surface area contributed by atoms with Gasteiger partial charge in [0.1, 0.15) is 11.2 Å². The lowest BCUT2D eigenvalue weighted by Gasteiger charge is -2.69. The predicted octanol–water partition coefficient (Wildman–Crippen LogP) is -0.383. The molecule has 0 aromatic heterocycles. The molecule has 0 aromatic carbocycles. The van der Waals surface area contributed by atoms with Gasteiger partial charge in [0.15, 0.2) is 0 Å². The van der Waals surface area contributed by atoms with Crippen molar-refractivity contribution < 1.29 is 34.6 Å². The van der Waals surface area contributed by atoms with E-state index in [0.717, 1.165) is 13.0 Å². The van der Waals surface area contributed by atoms with Crippen LogP contribution in [-0.4, -0.2) is 108 Å². The highest BCUT2D eigenvalue weighted by Crippen LogP contribution is 2.80. The Labute approximate surface area is 189 Å². The van der Waals surface area contributed by atoms with Crippen LogP contribution in [0.1, 0.15) is 32.6 Å². The third-order valence-corrected chi connectivity index (χ3v) is 11.2. The lowest BCUT2D eigenvalue weighted by Crippen LogP contribution is -2.81. The number of aliphatic hydroxyl groups is 4. The number of hydrogen-bond donors (Lipinski definition) is 4. The van der Waals surface area contributed by atoms with Gasteiger partial charge in [0.05, 0.1) is 37.1 Å². The molecular weight excluding hydrogens is 414 g/mol. The number of ether oxygens (including phenoxy) is 3. The Kier molecular flexibility index (Phi) is 4.62. The van der Waals surface area contributed by atoms with E-state index in [-0.39, 0.29) is 35.7 Å². The monoisotopic (exact) mass is 453 g/mol. The first-order valence-corrected chi connectivity index (χ1v) is 12.3. The normalized spacial score (nSPS) is 62.4. The third kappa shape index (κ3) is 1.99. The Bertz CT molecular complexity index is 798. The summed E-state index contributed by atoms with van der Waals surface area (Å²) >= 11 is 0. The molecule has 5 aliphatic carbocycles. The summed E-state index contributed by atoms with van der Waals surface area (Å²) in [6.45, 7) is 4.05. The van der Waals surface area contributed by atoms with Crippen molar-refractivity contribution in [1.82, 2.24) is 4.90 Å². The predicted molar refractivity (Wildman–Crippen MR) is 114 cm³/mol. The Morgan fingerprint density at radius 1 is 1.09 bits per heavy atom. The maximum Gasteiger partial charge on any atom is 0.136 e. The van der Waals surface area contributed by atoms with Crippen molar-refractivity contribution in [3.05, 3.63) is 0 Å². The SMILES string of the molecule is CCN1C[C@@]2(COC)CC[C@@H](O)[C@@]34C1[C@@](O)([C@@H](OC)[C@@H]23)[C@]1(O)C[C@@H](OC)[C@@H]2C[C@H]4[C@H]1[C@@H]2O. The van der Waals surface area contributed by atoms with Crippen molar-refractivity contribution in [2.75, 3.05) is 41.0 Å². The van der Waals surface area contributed by atoms with E-state index in [9.17, 15) is 20.4 Å². The van der Waals surface area contributed by atoms with Crippen molar-refractivity contribution in [3.63, 3.8) is 0 Å². The van der Waals surface area contributed by atoms with E-state index in [4.69, 9.17) is 14.2 Å². The lowest BCUT2D eigenvalue weighted by atomic mass is 9.42. The molecule has 1 saturated heterocycles. The number of hydrogen-bond acceptors (Lipinski definition) is 8. The van der Waals surface area contributed by atoms with Gasteiger partial charge >= 0.3 is 0 Å². The van der Waals surface area contributed by atoms with E-state index in [1.807, 2.05) is 0 Å². The summed E-state index contributed by atoms with van der Waals surface area (Å²) in [6, 6.07) is -0.442. The van der Waals surface area contributed by atoms with Crippen LogP contribution in [0.4, 0.5) is 0 Å². The zero-order chi connectivity index (χ0) is 22.8. The number of likely N-dealkylation sites (tertiary alicyclic amines) is 1. The van der Waals surface area contributed by atoms with Crippen LogP contribution in [0.2, 0.25) is 0 Å². The highest BCUT2D eigenvalue weighted by atomic mass is 16.5. The van der Waals surface area contributed by atoms with Gasteiger partial charge in [0.25, 0.3) is 0 Å². The van der Waals surface area contributed by atoms with E-state index in [2.05, 4.69) is 11.8 Å². The van der Waals surface area contributed by atoms with Crippen LogP contribution in [0, 0.1) is 34.5 Å². The van der Waals surface area contributed by atoms with E-state index in [1.165, 1.54) is 0 Å². The summed E-state index contributed by atoms with van der Waals surface area (Å²) in [6.07, 6.45) is -0.0296. The maximum absolute atomic E-state index is 12.8. The van der Waals surface area contributed by atoms with Crippen LogP contribution in [0.15, 0.2) is 0 Å². The fourth-order valence-electron chi connectivity index (χ4n) is 10.7. The Morgan fingerprint density at radius 3 is 2.47 bits per heavy atom. The molecule has 0 aromatic rings. The summed E-state index contributed by atoms with van der Waals surface area (Å²) in [7, 11) is 4.95. The molecule has 1 heterocycles. The van der Waals surface area contributed by atoms with Crippen LogP contribution in [0.5, 0.6) is 0 Å². The molecule has 7 bridgehead atoms. The zero-order valence-electron chi connectivity index (χ0n) is 19.6. The molecule has 6 rings (SSSR count). The van der Waals surface area contributed by atoms with Gasteiger partial charge in [-0.15, -0.1) is 0 Å². The van der Waals surface area contributed by atoms with Gasteiger partial charge in [-0.2, -0.15) is 0 Å². The van der Waals surface area contributed by atoms with Crippen molar-refractivity contribution in [2.24, 2.45) is 34.5 Å². The second-order valence-electron chi connectivity index (χ2n) is 11.7. The standard InChI is InChI=1S/C24H39NO7/c1-5-25-10-21(11-30-2)7-6-15(26)23-13-8-12-14(31-3)9-22(28,16(13)17(12)27)24(29,20(23)25)19(32-4)18(21)23/h12-20,26-29H,5-11H2,1-4H3/t12-,13-,14+,15+,16-,17+,18-,19-,20?,21+,22-,23+,24-/m0/s1. The molecule has 6 aliphatic rings. The van der Waals surface area contributed by atoms with Crippen LogP contribution >= 0.6 is 0 Å². The molecule has 4 N–H and O–H groups in total. The van der Waals surface area contributed by atoms with Gasteiger partial charge in [-0.05, 0) is 31.7 Å². The Morgan fingerprint density at radius 2 is 1.84 bits per heavy atom. The Hall–Kier alpha value is -0.320. The number of fused-ring (bicyclic) bond motifs is 2. The van der Waals surface area contributed by atoms with Crippen molar-refractivity contribution in [2.45, 2.75) is 74.3 Å². The average molecular weight is 454 g/mol. The second-order valence-corrected chi connectivity index (χ2v) is 11.7. The van der Waals surface area contributed by atoms with Crippen molar-refractivity contribution in [1.29, 1.82) is 0 Å². The molecule has 8 nitrogen and oxygen atoms in total. The molecule has 1 unspecified atom stereocenters. The molecule has 8 heteroatoms. The van der Waals surface area contributed by atoms with Gasteiger partial charge in [-0.1, -0.05) is 6.92 Å². The number of likely N-dealkylation sites (N-methyl/N-ethyl adjacent to an activating group) is 1. The maximum atomic E-state index is 12.8. The summed E-state index contributed by atoms with van der Waals surface area (Å²) in [5, 5.41) is 48.5. The molecule has 0 amide bonds. The van der Waals surface area contributed by atoms with E-state index in [1.54, 1.807) is 21.3 Å². The number of rotatable bonds is 5. The van der Waals surface area contributed by atoms with Crippen molar-refractivity contribution in [3.8, 4) is 0 Å². The molecule has 6 fully saturated rings. The first-order valence-electron chi connectivity index (χ1n) is 12.3. The molecule has 13 atom stereocenters. The first-order chi connectivity index (χ1) is 15.2. The number of piperidine rings is 1. The minimum Gasteiger partial charge on any atom is -0.392 e. The second kappa shape index (κ2) is 6.66. The van der Waals surface area contributed by atoms with Gasteiger partial charge < -0.3 is 34.6 Å². The molecular formula is C24H39NO7. The minimum absolute atomic E-state index is 0.102. The molecule has 0 radical (unpaired) electrons. The van der Waals surface area contributed by atoms with Crippen LogP contribution in [-0.2, 0) is 14.2 Å². The van der Waals surface area contributed by atoms with Crippen molar-refractivity contribution >= 4 is 0 Å². The highest BCUT2D eigenvalue weighted by Gasteiger charge is 2.91. The summed E-state index contributed by atoms with van der Waals surface area (Å²) < 4.78 is 17.7. The van der Waals surface area contributed by atoms with Crippen LogP contribution in [0.3, 0.4) is 0 Å². The molecule has 5 saturated carbocycles. The summed E-state index contributed by atoms with van der Waals surface area (Å²) in [5.41, 5.74) is -4.15. The smallest absolute Gasteiger partial charge is 0.136 e. The minimum atomic E-state index is -1.63. The molecule has 1 spiro atoms. The molecule has 32 heavy (non-hydrogen) atoms. The fraction of sp³-hybridized carbons (Fsp3) is 1.00. The fourth-order valence-corrected chi connectivity index (χ4v) is 10.7. The summed E-state index contributed by atoms with van der Waals surface area (Å²) in [5.74, 6) is -0.889. The summed E-state index contributed by atoms with van der Waals surface area (Å²) in [4.78, 5) is 2.28. The lowest BCUT2D eigenvalue weighted by molar-refractivity contribution is -0.317. The van der Waals surface area contributed by atoms with Gasteiger partial charge in [0.2, 0.25) is 0 Å². The van der Waals surface area contributed by atoms with E-state index < -0.39 is 46.9 Å². The highest BCUT2D eigenvalue weighted by molar-refractivity contribution is 5.41.